The molecular formula is C25H33FN2O3. The highest BCUT2D eigenvalue weighted by Crippen LogP contribution is 2.60. The zero-order valence-electron chi connectivity index (χ0n) is 18.1. The summed E-state index contributed by atoms with van der Waals surface area (Å²) in [6.45, 7) is 2.87. The molecule has 1 saturated heterocycles. The summed E-state index contributed by atoms with van der Waals surface area (Å²) >= 11 is 0. The number of hydrogen-bond acceptors (Lipinski definition) is 3. The fourth-order valence-corrected chi connectivity index (χ4v) is 7.45. The van der Waals surface area contributed by atoms with Crippen LogP contribution in [0.4, 0.5) is 4.39 Å². The van der Waals surface area contributed by atoms with E-state index in [1.54, 1.807) is 12.1 Å². The molecule has 4 bridgehead atoms. The van der Waals surface area contributed by atoms with Crippen molar-refractivity contribution in [2.24, 2.45) is 23.2 Å². The maximum Gasteiger partial charge on any atom is 0.303 e. The predicted molar refractivity (Wildman–Crippen MR) is 115 cm³/mol. The average molecular weight is 429 g/mol. The van der Waals surface area contributed by atoms with Gasteiger partial charge in [-0.25, -0.2) is 4.39 Å². The third-order valence-corrected chi connectivity index (χ3v) is 8.42. The van der Waals surface area contributed by atoms with Crippen LogP contribution in [0.15, 0.2) is 24.3 Å². The van der Waals surface area contributed by atoms with Gasteiger partial charge in [0.25, 0.3) is 0 Å². The number of hydrogen-bond donors (Lipinski definition) is 1. The molecule has 1 N–H and O–H groups in total. The lowest BCUT2D eigenvalue weighted by Crippen LogP contribution is -2.58. The van der Waals surface area contributed by atoms with Crippen LogP contribution in [0.2, 0.25) is 0 Å². The number of benzene rings is 1. The maximum absolute atomic E-state index is 13.6. The first-order valence-electron chi connectivity index (χ1n) is 11.9. The third kappa shape index (κ3) is 4.11. The van der Waals surface area contributed by atoms with Gasteiger partial charge in [0, 0.05) is 38.6 Å². The maximum atomic E-state index is 13.6. The Balaban J connectivity index is 1.25. The van der Waals surface area contributed by atoms with Gasteiger partial charge in [0.05, 0.1) is 5.41 Å². The van der Waals surface area contributed by atoms with Gasteiger partial charge in [-0.15, -0.1) is 0 Å². The highest BCUT2D eigenvalue weighted by atomic mass is 19.1. The first-order valence-corrected chi connectivity index (χ1v) is 11.9. The summed E-state index contributed by atoms with van der Waals surface area (Å²) in [5, 5.41) is 9.19. The van der Waals surface area contributed by atoms with Gasteiger partial charge < -0.3 is 10.0 Å². The molecule has 1 aliphatic heterocycles. The molecule has 1 aromatic rings. The van der Waals surface area contributed by atoms with Gasteiger partial charge in [0.2, 0.25) is 5.91 Å². The lowest BCUT2D eigenvalue weighted by atomic mass is 9.49. The van der Waals surface area contributed by atoms with Crippen LogP contribution in [-0.2, 0) is 9.59 Å². The Morgan fingerprint density at radius 2 is 1.52 bits per heavy atom. The number of carbonyl (C=O) groups excluding carboxylic acids is 1. The molecule has 1 atom stereocenters. The molecule has 4 aliphatic carbocycles. The molecule has 1 aromatic carbocycles. The lowest BCUT2D eigenvalue weighted by Gasteiger charge is -2.57. The SMILES string of the molecule is O=C(O)CC[C@@H](c1ccc(F)cc1)N1CCN(C(=O)C23CC4CC(CC(C4)C2)C3)CC1. The number of rotatable bonds is 6. The average Bonchev–Trinajstić information content (AvgIpc) is 2.74. The van der Waals surface area contributed by atoms with Crippen molar-refractivity contribution >= 4 is 11.9 Å². The summed E-state index contributed by atoms with van der Waals surface area (Å²) < 4.78 is 13.4. The van der Waals surface area contributed by atoms with Crippen molar-refractivity contribution in [3.63, 3.8) is 0 Å². The van der Waals surface area contributed by atoms with Crippen LogP contribution in [0.3, 0.4) is 0 Å². The normalized spacial score (nSPS) is 33.5. The Kier molecular flexibility index (Phi) is 5.53. The predicted octanol–water partition coefficient (Wildman–Crippen LogP) is 4.09. The van der Waals surface area contributed by atoms with Crippen molar-refractivity contribution in [3.05, 3.63) is 35.6 Å². The molecule has 5 fully saturated rings. The second-order valence-electron chi connectivity index (χ2n) is 10.5. The van der Waals surface area contributed by atoms with Gasteiger partial charge in [-0.1, -0.05) is 12.1 Å². The van der Waals surface area contributed by atoms with Crippen molar-refractivity contribution < 1.29 is 19.1 Å². The van der Waals surface area contributed by atoms with E-state index in [0.717, 1.165) is 55.7 Å². The van der Waals surface area contributed by atoms with Gasteiger partial charge in [-0.2, -0.15) is 0 Å². The summed E-state index contributed by atoms with van der Waals surface area (Å²) in [6.07, 6.45) is 7.85. The molecular weight excluding hydrogens is 395 g/mol. The van der Waals surface area contributed by atoms with E-state index in [1.165, 1.54) is 31.4 Å². The fraction of sp³-hybridized carbons (Fsp3) is 0.680. The van der Waals surface area contributed by atoms with E-state index in [0.29, 0.717) is 25.4 Å². The Morgan fingerprint density at radius 1 is 0.968 bits per heavy atom. The largest absolute Gasteiger partial charge is 0.481 e. The van der Waals surface area contributed by atoms with E-state index in [4.69, 9.17) is 0 Å². The van der Waals surface area contributed by atoms with Crippen LogP contribution >= 0.6 is 0 Å². The van der Waals surface area contributed by atoms with E-state index in [1.807, 2.05) is 0 Å². The van der Waals surface area contributed by atoms with E-state index in [2.05, 4.69) is 9.80 Å². The number of carboxylic acids is 1. The molecule has 6 heteroatoms. The van der Waals surface area contributed by atoms with Crippen molar-refractivity contribution in [1.29, 1.82) is 0 Å². The molecule has 5 nitrogen and oxygen atoms in total. The Bertz CT molecular complexity index is 796. The Labute approximate surface area is 183 Å². The number of nitrogens with zero attached hydrogens (tertiary/aromatic N) is 2. The van der Waals surface area contributed by atoms with Crippen molar-refractivity contribution in [1.82, 2.24) is 9.80 Å². The van der Waals surface area contributed by atoms with Crippen molar-refractivity contribution in [3.8, 4) is 0 Å². The molecule has 0 aromatic heterocycles. The van der Waals surface area contributed by atoms with Crippen LogP contribution in [0, 0.1) is 29.0 Å². The number of carbonyl (C=O) groups is 2. The van der Waals surface area contributed by atoms with Gasteiger partial charge in [0.1, 0.15) is 5.82 Å². The van der Waals surface area contributed by atoms with Crippen LogP contribution in [0.25, 0.3) is 0 Å². The summed E-state index contributed by atoms with van der Waals surface area (Å²) in [5.74, 6) is 1.56. The number of aliphatic carboxylic acids is 1. The standard InChI is InChI=1S/C25H33FN2O3/c26-21-3-1-20(2-4-21)22(5-6-23(29)30)27-7-9-28(10-8-27)24(31)25-14-17-11-18(15-25)13-19(12-17)16-25/h1-4,17-19,22H,5-16H2,(H,29,30)/t17?,18?,19?,22-,25?/m0/s1. The van der Waals surface area contributed by atoms with E-state index in [-0.39, 0.29) is 23.7 Å². The quantitative estimate of drug-likeness (QED) is 0.741. The second kappa shape index (κ2) is 8.19. The molecule has 5 aliphatic rings. The Hall–Kier alpha value is -1.95. The minimum absolute atomic E-state index is 0.0616. The minimum Gasteiger partial charge on any atom is -0.481 e. The summed E-state index contributed by atoms with van der Waals surface area (Å²) in [5.41, 5.74) is 0.847. The highest BCUT2D eigenvalue weighted by Gasteiger charge is 2.55. The lowest BCUT2D eigenvalue weighted by molar-refractivity contribution is -0.159. The van der Waals surface area contributed by atoms with Crippen LogP contribution in [0.1, 0.15) is 63.0 Å². The summed E-state index contributed by atoms with van der Waals surface area (Å²) in [4.78, 5) is 29.2. The minimum atomic E-state index is -0.817. The number of carboxylic acid groups (broad SMARTS) is 1. The molecule has 31 heavy (non-hydrogen) atoms. The first-order chi connectivity index (χ1) is 14.9. The highest BCUT2D eigenvalue weighted by molar-refractivity contribution is 5.83. The van der Waals surface area contributed by atoms with Gasteiger partial charge in [0.15, 0.2) is 0 Å². The fourth-order valence-electron chi connectivity index (χ4n) is 7.45. The van der Waals surface area contributed by atoms with E-state index < -0.39 is 5.97 Å². The van der Waals surface area contributed by atoms with Crippen molar-refractivity contribution in [2.75, 3.05) is 26.2 Å². The summed E-state index contributed by atoms with van der Waals surface area (Å²) in [7, 11) is 0. The molecule has 6 rings (SSSR count). The zero-order valence-corrected chi connectivity index (χ0v) is 18.1. The first kappa shape index (κ1) is 20.9. The monoisotopic (exact) mass is 428 g/mol. The van der Waals surface area contributed by atoms with E-state index in [9.17, 15) is 19.1 Å². The molecule has 168 valence electrons. The molecule has 0 spiro atoms. The third-order valence-electron chi connectivity index (χ3n) is 8.42. The van der Waals surface area contributed by atoms with Gasteiger partial charge in [-0.05, 0) is 80.4 Å². The Morgan fingerprint density at radius 3 is 2.03 bits per heavy atom. The van der Waals surface area contributed by atoms with E-state index >= 15 is 0 Å². The van der Waals surface area contributed by atoms with Gasteiger partial charge in [-0.3, -0.25) is 14.5 Å². The molecule has 1 heterocycles. The molecule has 0 unspecified atom stereocenters. The van der Waals surface area contributed by atoms with Crippen LogP contribution < -0.4 is 0 Å². The van der Waals surface area contributed by atoms with Crippen molar-refractivity contribution in [2.45, 2.75) is 57.4 Å². The van der Waals surface area contributed by atoms with Crippen LogP contribution in [0.5, 0.6) is 0 Å². The number of halogens is 1. The molecule has 0 radical (unpaired) electrons. The molecule has 1 amide bonds. The van der Waals surface area contributed by atoms with Crippen LogP contribution in [-0.4, -0.2) is 53.0 Å². The number of amides is 1. The topological polar surface area (TPSA) is 60.9 Å². The smallest absolute Gasteiger partial charge is 0.303 e. The van der Waals surface area contributed by atoms with Gasteiger partial charge >= 0.3 is 5.97 Å². The summed E-state index contributed by atoms with van der Waals surface area (Å²) in [6, 6.07) is 6.34. The zero-order chi connectivity index (χ0) is 21.6. The molecule has 4 saturated carbocycles. The number of piperazine rings is 1. The second-order valence-corrected chi connectivity index (χ2v) is 10.5.